The molecule has 2 aliphatic rings. The van der Waals surface area contributed by atoms with Gasteiger partial charge in [0.1, 0.15) is 5.82 Å². The van der Waals surface area contributed by atoms with Gasteiger partial charge in [-0.15, -0.1) is 0 Å². The molecule has 0 aliphatic carbocycles. The zero-order chi connectivity index (χ0) is 19.0. The molecule has 2 fully saturated rings. The minimum absolute atomic E-state index is 0.00739. The van der Waals surface area contributed by atoms with Crippen LogP contribution in [0.25, 0.3) is 0 Å². The molecule has 2 amide bonds. The molecule has 2 unspecified atom stereocenters. The highest BCUT2D eigenvalue weighted by atomic mass is 35.5. The number of carbonyl (C=O) groups is 3. The molecule has 7 nitrogen and oxygen atoms in total. The van der Waals surface area contributed by atoms with Crippen molar-refractivity contribution < 1.29 is 28.6 Å². The number of carbonyl (C=O) groups excluding carboxylic acids is 2. The minimum atomic E-state index is -1.13. The molecule has 1 aromatic rings. The monoisotopic (exact) mass is 384 g/mol. The average Bonchev–Trinajstić information content (AvgIpc) is 2.98. The van der Waals surface area contributed by atoms with Crippen LogP contribution in [0.3, 0.4) is 0 Å². The molecule has 0 spiro atoms. The Morgan fingerprint density at radius 3 is 2.69 bits per heavy atom. The van der Waals surface area contributed by atoms with Crippen LogP contribution in [-0.4, -0.2) is 59.6 Å². The lowest BCUT2D eigenvalue weighted by Crippen LogP contribution is -2.53. The summed E-state index contributed by atoms with van der Waals surface area (Å²) in [5.41, 5.74) is 0.339. The summed E-state index contributed by atoms with van der Waals surface area (Å²) in [6.07, 6.45) is -1.50. The molecule has 0 aromatic heterocycles. The Morgan fingerprint density at radius 2 is 2.04 bits per heavy atom. The summed E-state index contributed by atoms with van der Waals surface area (Å²) in [5, 5.41) is 9.08. The number of anilines is 1. The Hall–Kier alpha value is -2.19. The van der Waals surface area contributed by atoms with Crippen molar-refractivity contribution in [3.8, 4) is 0 Å². The maximum Gasteiger partial charge on any atom is 0.334 e. The van der Waals surface area contributed by atoms with Crippen LogP contribution in [0.5, 0.6) is 0 Å². The van der Waals surface area contributed by atoms with Gasteiger partial charge in [0.2, 0.25) is 11.8 Å². The lowest BCUT2D eigenvalue weighted by molar-refractivity contribution is -0.167. The first kappa shape index (κ1) is 18.6. The van der Waals surface area contributed by atoms with Crippen LogP contribution < -0.4 is 4.90 Å². The highest BCUT2D eigenvalue weighted by Gasteiger charge is 2.40. The Morgan fingerprint density at radius 1 is 1.31 bits per heavy atom. The zero-order valence-corrected chi connectivity index (χ0v) is 14.8. The molecule has 0 saturated carbocycles. The van der Waals surface area contributed by atoms with Crippen LogP contribution in [0.1, 0.15) is 13.3 Å². The van der Waals surface area contributed by atoms with E-state index in [9.17, 15) is 18.8 Å². The number of hydrogen-bond donors (Lipinski definition) is 1. The van der Waals surface area contributed by atoms with Crippen LogP contribution in [-0.2, 0) is 19.1 Å². The lowest BCUT2D eigenvalue weighted by Gasteiger charge is -2.36. The highest BCUT2D eigenvalue weighted by Crippen LogP contribution is 2.29. The van der Waals surface area contributed by atoms with Crippen LogP contribution in [0.15, 0.2) is 18.2 Å². The normalized spacial score (nSPS) is 26.3. The van der Waals surface area contributed by atoms with E-state index < -0.39 is 29.9 Å². The van der Waals surface area contributed by atoms with Gasteiger partial charge in [0, 0.05) is 25.2 Å². The fourth-order valence-electron chi connectivity index (χ4n) is 3.30. The van der Waals surface area contributed by atoms with Gasteiger partial charge in [-0.1, -0.05) is 11.6 Å². The number of nitrogens with zero attached hydrogens (tertiary/aromatic N) is 2. The van der Waals surface area contributed by atoms with E-state index in [1.807, 2.05) is 0 Å². The first-order valence-corrected chi connectivity index (χ1v) is 8.56. The van der Waals surface area contributed by atoms with E-state index >= 15 is 0 Å². The first-order chi connectivity index (χ1) is 12.3. The second kappa shape index (κ2) is 7.20. The molecule has 1 N–H and O–H groups in total. The zero-order valence-electron chi connectivity index (χ0n) is 14.0. The maximum absolute atomic E-state index is 13.7. The molecule has 2 saturated heterocycles. The van der Waals surface area contributed by atoms with Gasteiger partial charge >= 0.3 is 5.97 Å². The Labute approximate surface area is 154 Å². The SMILES string of the molecule is C[C@@H]1CN(C(=O)C2CC(=O)N(c3ccc(Cl)c(F)c3)C2)CC(C(=O)O)O1. The quantitative estimate of drug-likeness (QED) is 0.854. The molecule has 140 valence electrons. The summed E-state index contributed by atoms with van der Waals surface area (Å²) in [4.78, 5) is 39.0. The van der Waals surface area contributed by atoms with E-state index in [1.54, 1.807) is 6.92 Å². The van der Waals surface area contributed by atoms with Crippen molar-refractivity contribution in [2.75, 3.05) is 24.5 Å². The third-order valence-corrected chi connectivity index (χ3v) is 4.84. The predicted molar refractivity (Wildman–Crippen MR) is 90.4 cm³/mol. The number of amides is 2. The predicted octanol–water partition coefficient (Wildman–Crippen LogP) is 1.53. The molecule has 26 heavy (non-hydrogen) atoms. The number of benzene rings is 1. The Kier molecular flexibility index (Phi) is 5.15. The largest absolute Gasteiger partial charge is 0.479 e. The number of morpholine rings is 1. The number of ether oxygens (including phenoxy) is 1. The second-order valence-electron chi connectivity index (χ2n) is 6.52. The molecule has 9 heteroatoms. The van der Waals surface area contributed by atoms with Gasteiger partial charge in [-0.2, -0.15) is 0 Å². The summed E-state index contributed by atoms with van der Waals surface area (Å²) >= 11 is 5.66. The van der Waals surface area contributed by atoms with Gasteiger partial charge in [-0.25, -0.2) is 9.18 Å². The molecule has 3 rings (SSSR count). The van der Waals surface area contributed by atoms with Crippen molar-refractivity contribution in [3.05, 3.63) is 29.0 Å². The fourth-order valence-corrected chi connectivity index (χ4v) is 3.42. The number of carboxylic acids is 1. The summed E-state index contributed by atoms with van der Waals surface area (Å²) in [6, 6.07) is 4.04. The third kappa shape index (κ3) is 3.66. The molecule has 3 atom stereocenters. The molecular weight excluding hydrogens is 367 g/mol. The summed E-state index contributed by atoms with van der Waals surface area (Å²) in [7, 11) is 0. The van der Waals surface area contributed by atoms with Gasteiger partial charge in [0.25, 0.3) is 0 Å². The summed E-state index contributed by atoms with van der Waals surface area (Å²) in [6.45, 7) is 2.02. The Bertz CT molecular complexity index is 759. The smallest absolute Gasteiger partial charge is 0.334 e. The molecular formula is C17H18ClFN2O5. The van der Waals surface area contributed by atoms with E-state index in [0.29, 0.717) is 5.69 Å². The minimum Gasteiger partial charge on any atom is -0.479 e. The van der Waals surface area contributed by atoms with Gasteiger partial charge in [-0.05, 0) is 25.1 Å². The van der Waals surface area contributed by atoms with E-state index in [4.69, 9.17) is 21.4 Å². The van der Waals surface area contributed by atoms with Gasteiger partial charge in [0.05, 0.1) is 23.6 Å². The van der Waals surface area contributed by atoms with Crippen molar-refractivity contribution in [2.45, 2.75) is 25.6 Å². The molecule has 1 aromatic carbocycles. The molecule has 0 bridgehead atoms. The maximum atomic E-state index is 13.7. The number of aliphatic carboxylic acids is 1. The number of rotatable bonds is 3. The highest BCUT2D eigenvalue weighted by molar-refractivity contribution is 6.30. The number of hydrogen-bond acceptors (Lipinski definition) is 4. The van der Waals surface area contributed by atoms with E-state index in [1.165, 1.54) is 21.9 Å². The third-order valence-electron chi connectivity index (χ3n) is 4.54. The van der Waals surface area contributed by atoms with Crippen molar-refractivity contribution in [1.82, 2.24) is 4.90 Å². The van der Waals surface area contributed by atoms with E-state index in [-0.39, 0.29) is 42.9 Å². The van der Waals surface area contributed by atoms with Gasteiger partial charge in [0.15, 0.2) is 6.10 Å². The number of carboxylic acid groups (broad SMARTS) is 1. The Balaban J connectivity index is 1.72. The average molecular weight is 385 g/mol. The first-order valence-electron chi connectivity index (χ1n) is 8.18. The molecule has 0 radical (unpaired) electrons. The number of halogens is 2. The second-order valence-corrected chi connectivity index (χ2v) is 6.93. The van der Waals surface area contributed by atoms with Crippen molar-refractivity contribution >= 4 is 35.1 Å². The van der Waals surface area contributed by atoms with Crippen LogP contribution in [0, 0.1) is 11.7 Å². The lowest BCUT2D eigenvalue weighted by atomic mass is 10.1. The van der Waals surface area contributed by atoms with Crippen molar-refractivity contribution in [2.24, 2.45) is 5.92 Å². The van der Waals surface area contributed by atoms with Crippen molar-refractivity contribution in [3.63, 3.8) is 0 Å². The molecule has 2 aliphatic heterocycles. The van der Waals surface area contributed by atoms with Crippen LogP contribution in [0.2, 0.25) is 5.02 Å². The topological polar surface area (TPSA) is 87.2 Å². The van der Waals surface area contributed by atoms with Gasteiger partial charge in [-0.3, -0.25) is 9.59 Å². The van der Waals surface area contributed by atoms with E-state index in [0.717, 1.165) is 6.07 Å². The molecule has 2 heterocycles. The van der Waals surface area contributed by atoms with Gasteiger partial charge < -0.3 is 19.6 Å². The van der Waals surface area contributed by atoms with Crippen LogP contribution in [0.4, 0.5) is 10.1 Å². The summed E-state index contributed by atoms with van der Waals surface area (Å²) < 4.78 is 19.0. The van der Waals surface area contributed by atoms with Crippen LogP contribution >= 0.6 is 11.6 Å². The van der Waals surface area contributed by atoms with Crippen molar-refractivity contribution in [1.29, 1.82) is 0 Å². The van der Waals surface area contributed by atoms with E-state index in [2.05, 4.69) is 0 Å². The summed E-state index contributed by atoms with van der Waals surface area (Å²) in [5.74, 6) is -2.97. The fraction of sp³-hybridized carbons (Fsp3) is 0.471. The standard InChI is InChI=1S/C17H18ClFN2O5/c1-9-6-20(8-14(26-9)17(24)25)16(23)10-4-15(22)21(7-10)11-2-3-12(18)13(19)5-11/h2-3,5,9-10,14H,4,6-8H2,1H3,(H,24,25)/t9-,10?,14?/m1/s1.